The number of halogens is 1. The highest BCUT2D eigenvalue weighted by atomic mass is 32.2. The van der Waals surface area contributed by atoms with Gasteiger partial charge in [-0.1, -0.05) is 55.8 Å². The van der Waals surface area contributed by atoms with E-state index < -0.39 is 16.9 Å². The number of aliphatic hydroxyl groups is 1. The number of hydrogen-bond acceptors (Lipinski definition) is 5. The van der Waals surface area contributed by atoms with Crippen molar-refractivity contribution in [3.05, 3.63) is 107 Å². The molecule has 3 heterocycles. The molecule has 4 aromatic rings. The Morgan fingerprint density at radius 3 is 2.66 bits per heavy atom. The fourth-order valence-electron chi connectivity index (χ4n) is 5.17. The predicted octanol–water partition coefficient (Wildman–Crippen LogP) is 5.58. The molecule has 1 unspecified atom stereocenters. The SMILES string of the molecule is CCCCS(=O)N1Cc2cc(C(=O)NCc3ccccc3F)nc(-c3cccc(-c4cccnc4)c3)c2[C@H]1CCO. The van der Waals surface area contributed by atoms with E-state index in [1.54, 1.807) is 36.7 Å². The molecular formula is C32H33FN4O3S. The van der Waals surface area contributed by atoms with Crippen LogP contribution in [0.4, 0.5) is 4.39 Å². The van der Waals surface area contributed by atoms with Crippen LogP contribution in [0.1, 0.15) is 59.4 Å². The van der Waals surface area contributed by atoms with Crippen LogP contribution in [0.2, 0.25) is 0 Å². The number of aliphatic hydroxyl groups excluding tert-OH is 1. The first-order chi connectivity index (χ1) is 20.0. The Morgan fingerprint density at radius 1 is 1.10 bits per heavy atom. The van der Waals surface area contributed by atoms with Crippen molar-refractivity contribution >= 4 is 16.9 Å². The first kappa shape index (κ1) is 28.7. The molecule has 2 N–H and O–H groups in total. The molecule has 0 saturated heterocycles. The predicted molar refractivity (Wildman–Crippen MR) is 158 cm³/mol. The van der Waals surface area contributed by atoms with E-state index in [1.807, 2.05) is 40.7 Å². The molecule has 0 aliphatic carbocycles. The highest BCUT2D eigenvalue weighted by Crippen LogP contribution is 2.43. The van der Waals surface area contributed by atoms with Crippen molar-refractivity contribution in [2.75, 3.05) is 12.4 Å². The van der Waals surface area contributed by atoms with Gasteiger partial charge in [-0.2, -0.15) is 0 Å². The van der Waals surface area contributed by atoms with Crippen molar-refractivity contribution < 1.29 is 18.5 Å². The van der Waals surface area contributed by atoms with Crippen molar-refractivity contribution in [3.8, 4) is 22.4 Å². The summed E-state index contributed by atoms with van der Waals surface area (Å²) >= 11 is 0. The molecular weight excluding hydrogens is 539 g/mol. The molecule has 1 amide bonds. The first-order valence-corrected chi connectivity index (χ1v) is 15.1. The molecule has 1 aliphatic heterocycles. The average molecular weight is 573 g/mol. The lowest BCUT2D eigenvalue weighted by molar-refractivity contribution is 0.0945. The van der Waals surface area contributed by atoms with E-state index in [9.17, 15) is 18.5 Å². The van der Waals surface area contributed by atoms with Gasteiger partial charge in [0, 0.05) is 60.1 Å². The molecule has 41 heavy (non-hydrogen) atoms. The summed E-state index contributed by atoms with van der Waals surface area (Å²) in [5.41, 5.74) is 5.60. The van der Waals surface area contributed by atoms with Gasteiger partial charge in [-0.25, -0.2) is 17.9 Å². The van der Waals surface area contributed by atoms with Gasteiger partial charge in [-0.05, 0) is 48.2 Å². The van der Waals surface area contributed by atoms with Crippen LogP contribution in [0.3, 0.4) is 0 Å². The molecule has 0 saturated carbocycles. The van der Waals surface area contributed by atoms with E-state index in [2.05, 4.69) is 17.2 Å². The molecule has 0 fully saturated rings. The Bertz CT molecular complexity index is 1550. The van der Waals surface area contributed by atoms with Gasteiger partial charge in [-0.15, -0.1) is 0 Å². The number of unbranched alkanes of at least 4 members (excludes halogenated alkanes) is 1. The van der Waals surface area contributed by atoms with Crippen LogP contribution in [-0.2, 0) is 24.1 Å². The van der Waals surface area contributed by atoms with E-state index in [-0.39, 0.29) is 30.7 Å². The number of fused-ring (bicyclic) bond motifs is 1. The molecule has 5 rings (SSSR count). The summed E-state index contributed by atoms with van der Waals surface area (Å²) in [4.78, 5) is 22.4. The fraction of sp³-hybridized carbons (Fsp3) is 0.281. The minimum atomic E-state index is -1.26. The molecule has 0 bridgehead atoms. The van der Waals surface area contributed by atoms with E-state index in [1.165, 1.54) is 6.07 Å². The van der Waals surface area contributed by atoms with Gasteiger partial charge < -0.3 is 10.4 Å². The highest BCUT2D eigenvalue weighted by molar-refractivity contribution is 7.82. The summed E-state index contributed by atoms with van der Waals surface area (Å²) in [7, 11) is -1.26. The maximum Gasteiger partial charge on any atom is 0.270 e. The second-order valence-electron chi connectivity index (χ2n) is 10.0. The third kappa shape index (κ3) is 6.43. The van der Waals surface area contributed by atoms with Gasteiger partial charge >= 0.3 is 0 Å². The molecule has 0 radical (unpaired) electrons. The molecule has 2 aromatic heterocycles. The number of nitrogens with one attached hydrogen (secondary N) is 1. The number of aromatic nitrogens is 2. The van der Waals surface area contributed by atoms with Gasteiger partial charge in [0.25, 0.3) is 5.91 Å². The van der Waals surface area contributed by atoms with E-state index >= 15 is 0 Å². The van der Waals surface area contributed by atoms with Crippen LogP contribution in [0.25, 0.3) is 22.4 Å². The number of nitrogens with zero attached hydrogens (tertiary/aromatic N) is 3. The third-order valence-electron chi connectivity index (χ3n) is 7.25. The van der Waals surface area contributed by atoms with Crippen molar-refractivity contribution in [1.29, 1.82) is 0 Å². The molecule has 212 valence electrons. The summed E-state index contributed by atoms with van der Waals surface area (Å²) in [6, 6.07) is 19.5. The van der Waals surface area contributed by atoms with Gasteiger partial charge in [0.1, 0.15) is 11.5 Å². The Morgan fingerprint density at radius 2 is 1.90 bits per heavy atom. The zero-order valence-electron chi connectivity index (χ0n) is 22.9. The highest BCUT2D eigenvalue weighted by Gasteiger charge is 2.37. The van der Waals surface area contributed by atoms with Crippen molar-refractivity contribution in [3.63, 3.8) is 0 Å². The van der Waals surface area contributed by atoms with Crippen LogP contribution < -0.4 is 5.32 Å². The van der Waals surface area contributed by atoms with Crippen LogP contribution in [0.15, 0.2) is 79.1 Å². The lowest BCUT2D eigenvalue weighted by Gasteiger charge is -2.24. The van der Waals surface area contributed by atoms with Gasteiger partial charge in [0.05, 0.1) is 22.7 Å². The van der Waals surface area contributed by atoms with Crippen LogP contribution in [0, 0.1) is 5.82 Å². The van der Waals surface area contributed by atoms with Crippen LogP contribution >= 0.6 is 0 Å². The van der Waals surface area contributed by atoms with Crippen LogP contribution in [0.5, 0.6) is 0 Å². The average Bonchev–Trinajstić information content (AvgIpc) is 3.38. The van der Waals surface area contributed by atoms with Gasteiger partial charge in [-0.3, -0.25) is 9.78 Å². The topological polar surface area (TPSA) is 95.4 Å². The minimum Gasteiger partial charge on any atom is -0.396 e. The number of rotatable bonds is 11. The van der Waals surface area contributed by atoms with Crippen molar-refractivity contribution in [2.45, 2.75) is 45.3 Å². The lowest BCUT2D eigenvalue weighted by atomic mass is 9.94. The lowest BCUT2D eigenvalue weighted by Crippen LogP contribution is -2.27. The summed E-state index contributed by atoms with van der Waals surface area (Å²) in [5.74, 6) is -0.286. The Labute approximate surface area is 242 Å². The second-order valence-corrected chi connectivity index (χ2v) is 11.5. The zero-order chi connectivity index (χ0) is 28.8. The van der Waals surface area contributed by atoms with Gasteiger partial charge in [0.15, 0.2) is 0 Å². The molecule has 0 spiro atoms. The van der Waals surface area contributed by atoms with E-state index in [0.717, 1.165) is 40.7 Å². The Hall–Kier alpha value is -3.79. The molecule has 7 nitrogen and oxygen atoms in total. The molecule has 1 aliphatic rings. The quantitative estimate of drug-likeness (QED) is 0.245. The number of benzene rings is 2. The summed E-state index contributed by atoms with van der Waals surface area (Å²) in [6.07, 6.45) is 5.65. The zero-order valence-corrected chi connectivity index (χ0v) is 23.7. The normalized spacial score (nSPS) is 15.4. The molecule has 2 atom stereocenters. The minimum absolute atomic E-state index is 0.0242. The van der Waals surface area contributed by atoms with E-state index in [0.29, 0.717) is 30.0 Å². The van der Waals surface area contributed by atoms with Crippen molar-refractivity contribution in [2.24, 2.45) is 0 Å². The van der Waals surface area contributed by atoms with E-state index in [4.69, 9.17) is 4.98 Å². The van der Waals surface area contributed by atoms with Crippen LogP contribution in [-0.4, -0.2) is 41.9 Å². The fourth-order valence-corrected chi connectivity index (χ4v) is 6.71. The monoisotopic (exact) mass is 572 g/mol. The number of carbonyl (C=O) groups is 1. The second kappa shape index (κ2) is 13.2. The maximum atomic E-state index is 14.2. The van der Waals surface area contributed by atoms with Gasteiger partial charge in [0.2, 0.25) is 0 Å². The Balaban J connectivity index is 1.57. The van der Waals surface area contributed by atoms with Crippen molar-refractivity contribution in [1.82, 2.24) is 19.6 Å². The smallest absolute Gasteiger partial charge is 0.270 e. The first-order valence-electron chi connectivity index (χ1n) is 13.8. The molecule has 9 heteroatoms. The Kier molecular flexibility index (Phi) is 9.28. The molecule has 2 aromatic carbocycles. The summed E-state index contributed by atoms with van der Waals surface area (Å²) in [6.45, 7) is 2.38. The number of hydrogen-bond donors (Lipinski definition) is 2. The number of amides is 1. The standard InChI is InChI=1S/C32H33FN4O3S/c1-2-3-16-41(40)37-21-26-18-28(32(39)35-20-25-8-4-5-12-27(25)33)36-31(30(26)29(37)13-15-38)23-10-6-9-22(17-23)24-11-7-14-34-19-24/h4-12,14,17-19,29,38H,2-3,13,15-16,20-21H2,1H3,(H,35,39)/t29-,41?/m1/s1. The number of pyridine rings is 2. The largest absolute Gasteiger partial charge is 0.396 e. The third-order valence-corrected chi connectivity index (χ3v) is 8.79. The maximum absolute atomic E-state index is 14.2. The number of carbonyl (C=O) groups excluding carboxylic acids is 1. The summed E-state index contributed by atoms with van der Waals surface area (Å²) in [5, 5.41) is 12.8. The summed E-state index contributed by atoms with van der Waals surface area (Å²) < 4.78 is 29.5.